The molecular weight excluding hydrogens is 314 g/mol. The first-order chi connectivity index (χ1) is 9.47. The molecule has 3 heteroatoms. The van der Waals surface area contributed by atoms with Crippen molar-refractivity contribution in [2.24, 2.45) is 5.73 Å². The molecule has 0 bridgehead atoms. The molecule has 2 aromatic carbocycles. The van der Waals surface area contributed by atoms with E-state index in [0.29, 0.717) is 0 Å². The molecule has 0 aromatic heterocycles. The Balaban J connectivity index is 2.36. The maximum absolute atomic E-state index is 6.12. The summed E-state index contributed by atoms with van der Waals surface area (Å²) in [5.41, 5.74) is 9.43. The van der Waals surface area contributed by atoms with E-state index in [1.807, 2.05) is 31.2 Å². The quantitative estimate of drug-likeness (QED) is 0.876. The number of nitrogens with two attached hydrogens (primary N) is 1. The molecule has 2 nitrogen and oxygen atoms in total. The Hall–Kier alpha value is -1.32. The number of hydrogen-bond acceptors (Lipinski definition) is 2. The molecule has 2 aromatic rings. The highest BCUT2D eigenvalue weighted by atomic mass is 79.9. The van der Waals surface area contributed by atoms with Crippen LogP contribution < -0.4 is 10.5 Å². The summed E-state index contributed by atoms with van der Waals surface area (Å²) >= 11 is 3.50. The predicted octanol–water partition coefficient (Wildman–Crippen LogP) is 4.75. The topological polar surface area (TPSA) is 35.2 Å². The average Bonchev–Trinajstić information content (AvgIpc) is 2.38. The first-order valence-electron chi connectivity index (χ1n) is 6.75. The predicted molar refractivity (Wildman–Crippen MR) is 87.5 cm³/mol. The fourth-order valence-corrected chi connectivity index (χ4v) is 2.43. The zero-order chi connectivity index (χ0) is 14.7. The molecule has 0 fully saturated rings. The van der Waals surface area contributed by atoms with Gasteiger partial charge in [0.2, 0.25) is 0 Å². The lowest BCUT2D eigenvalue weighted by Gasteiger charge is -2.15. The first kappa shape index (κ1) is 15.1. The summed E-state index contributed by atoms with van der Waals surface area (Å²) < 4.78 is 7.12. The van der Waals surface area contributed by atoms with Gasteiger partial charge in [-0.05, 0) is 62.1 Å². The van der Waals surface area contributed by atoms with Crippen molar-refractivity contribution in [3.8, 4) is 11.5 Å². The van der Waals surface area contributed by atoms with Crippen LogP contribution in [0.1, 0.15) is 23.6 Å². The average molecular weight is 334 g/mol. The fraction of sp³-hybridized carbons (Fsp3) is 0.294. The molecule has 0 spiro atoms. The third-order valence-electron chi connectivity index (χ3n) is 3.35. The van der Waals surface area contributed by atoms with Gasteiger partial charge < -0.3 is 10.5 Å². The van der Waals surface area contributed by atoms with Crippen LogP contribution in [-0.2, 0) is 6.42 Å². The van der Waals surface area contributed by atoms with Crippen LogP contribution in [0.2, 0.25) is 0 Å². The van der Waals surface area contributed by atoms with Crippen LogP contribution in [0, 0.1) is 13.8 Å². The lowest BCUT2D eigenvalue weighted by atomic mass is 10.1. The van der Waals surface area contributed by atoms with Gasteiger partial charge in [0.15, 0.2) is 0 Å². The molecule has 0 aliphatic heterocycles. The highest BCUT2D eigenvalue weighted by molar-refractivity contribution is 9.10. The molecule has 1 unspecified atom stereocenters. The molecule has 0 heterocycles. The van der Waals surface area contributed by atoms with E-state index in [9.17, 15) is 0 Å². The van der Waals surface area contributed by atoms with Crippen LogP contribution in [0.5, 0.6) is 11.5 Å². The monoisotopic (exact) mass is 333 g/mol. The number of benzene rings is 2. The highest BCUT2D eigenvalue weighted by Crippen LogP contribution is 2.32. The molecular formula is C17H20BrNO. The molecule has 1 atom stereocenters. The van der Waals surface area contributed by atoms with E-state index in [1.54, 1.807) is 0 Å². The van der Waals surface area contributed by atoms with Crippen molar-refractivity contribution in [2.45, 2.75) is 33.2 Å². The third kappa shape index (κ3) is 3.62. The second-order valence-electron chi connectivity index (χ2n) is 5.23. The molecule has 0 aliphatic rings. The van der Waals surface area contributed by atoms with Gasteiger partial charge in [0.1, 0.15) is 11.5 Å². The fourth-order valence-electron chi connectivity index (χ4n) is 2.09. The van der Waals surface area contributed by atoms with E-state index in [4.69, 9.17) is 10.5 Å². The molecule has 0 aliphatic carbocycles. The second-order valence-corrected chi connectivity index (χ2v) is 6.15. The minimum absolute atomic E-state index is 0.108. The Morgan fingerprint density at radius 3 is 2.60 bits per heavy atom. The first-order valence-corrected chi connectivity index (χ1v) is 7.54. The van der Waals surface area contributed by atoms with Crippen molar-refractivity contribution in [1.82, 2.24) is 0 Å². The number of rotatable bonds is 4. The Morgan fingerprint density at radius 1 is 1.15 bits per heavy atom. The van der Waals surface area contributed by atoms with Crippen LogP contribution in [0.25, 0.3) is 0 Å². The zero-order valence-corrected chi connectivity index (χ0v) is 13.7. The van der Waals surface area contributed by atoms with Gasteiger partial charge in [-0.3, -0.25) is 0 Å². The minimum atomic E-state index is 0.108. The number of hydrogen-bond donors (Lipinski definition) is 1. The van der Waals surface area contributed by atoms with Crippen molar-refractivity contribution in [3.63, 3.8) is 0 Å². The Morgan fingerprint density at radius 2 is 1.90 bits per heavy atom. The molecule has 20 heavy (non-hydrogen) atoms. The summed E-state index contributed by atoms with van der Waals surface area (Å²) in [5.74, 6) is 1.76. The summed E-state index contributed by atoms with van der Waals surface area (Å²) in [6, 6.07) is 12.3. The van der Waals surface area contributed by atoms with E-state index in [0.717, 1.165) is 28.0 Å². The van der Waals surface area contributed by atoms with Crippen molar-refractivity contribution in [3.05, 3.63) is 57.6 Å². The summed E-state index contributed by atoms with van der Waals surface area (Å²) in [6.07, 6.45) is 0.799. The van der Waals surface area contributed by atoms with Gasteiger partial charge >= 0.3 is 0 Å². The van der Waals surface area contributed by atoms with Crippen LogP contribution in [-0.4, -0.2) is 6.04 Å². The Labute approximate surface area is 129 Å². The van der Waals surface area contributed by atoms with Gasteiger partial charge in [0.05, 0.1) is 0 Å². The normalized spacial score (nSPS) is 12.2. The largest absolute Gasteiger partial charge is 0.457 e. The van der Waals surface area contributed by atoms with Crippen LogP contribution >= 0.6 is 15.9 Å². The van der Waals surface area contributed by atoms with Crippen LogP contribution in [0.15, 0.2) is 40.9 Å². The summed E-state index contributed by atoms with van der Waals surface area (Å²) in [6.45, 7) is 6.17. The third-order valence-corrected chi connectivity index (χ3v) is 3.84. The van der Waals surface area contributed by atoms with Gasteiger partial charge in [-0.25, -0.2) is 0 Å². The van der Waals surface area contributed by atoms with Gasteiger partial charge in [0.25, 0.3) is 0 Å². The van der Waals surface area contributed by atoms with Gasteiger partial charge in [-0.15, -0.1) is 0 Å². The molecule has 2 N–H and O–H groups in total. The standard InChI is InChI=1S/C17H20BrNO/c1-11-5-4-6-16(13(11)3)20-17-10-15(18)8-7-14(17)9-12(2)19/h4-8,10,12H,9,19H2,1-3H3. The van der Waals surface area contributed by atoms with Crippen molar-refractivity contribution in [2.75, 3.05) is 0 Å². The maximum Gasteiger partial charge on any atom is 0.131 e. The number of aryl methyl sites for hydroxylation is 1. The summed E-state index contributed by atoms with van der Waals surface area (Å²) in [5, 5.41) is 0. The number of ether oxygens (including phenoxy) is 1. The molecule has 0 saturated heterocycles. The number of halogens is 1. The van der Waals surface area contributed by atoms with Crippen LogP contribution in [0.3, 0.4) is 0 Å². The molecule has 0 radical (unpaired) electrons. The van der Waals surface area contributed by atoms with Crippen molar-refractivity contribution < 1.29 is 4.74 Å². The summed E-state index contributed by atoms with van der Waals surface area (Å²) in [4.78, 5) is 0. The Bertz CT molecular complexity index is 608. The molecule has 0 amide bonds. The van der Waals surface area contributed by atoms with Gasteiger partial charge in [0, 0.05) is 10.5 Å². The second kappa shape index (κ2) is 6.42. The lowest BCUT2D eigenvalue weighted by molar-refractivity contribution is 0.469. The van der Waals surface area contributed by atoms with E-state index >= 15 is 0 Å². The van der Waals surface area contributed by atoms with Gasteiger partial charge in [-0.2, -0.15) is 0 Å². The zero-order valence-electron chi connectivity index (χ0n) is 12.1. The smallest absolute Gasteiger partial charge is 0.131 e. The van der Waals surface area contributed by atoms with Crippen molar-refractivity contribution in [1.29, 1.82) is 0 Å². The highest BCUT2D eigenvalue weighted by Gasteiger charge is 2.10. The summed E-state index contributed by atoms with van der Waals surface area (Å²) in [7, 11) is 0. The van der Waals surface area contributed by atoms with Crippen LogP contribution in [0.4, 0.5) is 0 Å². The van der Waals surface area contributed by atoms with E-state index < -0.39 is 0 Å². The SMILES string of the molecule is Cc1cccc(Oc2cc(Br)ccc2CC(C)N)c1C. The molecule has 0 saturated carbocycles. The van der Waals surface area contributed by atoms with E-state index in [-0.39, 0.29) is 6.04 Å². The molecule has 106 valence electrons. The minimum Gasteiger partial charge on any atom is -0.457 e. The van der Waals surface area contributed by atoms with Gasteiger partial charge in [-0.1, -0.05) is 34.1 Å². The van der Waals surface area contributed by atoms with Crippen molar-refractivity contribution >= 4 is 15.9 Å². The van der Waals surface area contributed by atoms with E-state index in [1.165, 1.54) is 11.1 Å². The maximum atomic E-state index is 6.12. The lowest BCUT2D eigenvalue weighted by Crippen LogP contribution is -2.18. The Kier molecular flexibility index (Phi) is 4.84. The van der Waals surface area contributed by atoms with E-state index in [2.05, 4.69) is 41.9 Å². The molecule has 2 rings (SSSR count).